The van der Waals surface area contributed by atoms with E-state index in [9.17, 15) is 48.6 Å². The summed E-state index contributed by atoms with van der Waals surface area (Å²) >= 11 is 5.28. The molecular formula is C28H49N9O11S2. The van der Waals surface area contributed by atoms with Crippen molar-refractivity contribution in [1.82, 2.24) is 26.6 Å². The SMILES string of the molecule is CSCC[C@H](NC(=O)[C@@H](NC(=O)[C@H](CC(=O)O)NC(=O)[C@H](CCCN=C(N)N)NC(=O)[C@@H](N)CCC(=O)O)C(C)C)C(=O)N[C@@H](CS)C(=O)O. The zero-order valence-electron chi connectivity index (χ0n) is 28.0. The van der Waals surface area contributed by atoms with Crippen LogP contribution in [0.4, 0.5) is 0 Å². The Labute approximate surface area is 298 Å². The van der Waals surface area contributed by atoms with Crippen LogP contribution in [0.25, 0.3) is 0 Å². The summed E-state index contributed by atoms with van der Waals surface area (Å²) in [6.07, 6.45) is 0.281. The molecule has 0 aliphatic rings. The van der Waals surface area contributed by atoms with Gasteiger partial charge >= 0.3 is 17.9 Å². The first-order valence-electron chi connectivity index (χ1n) is 15.4. The Morgan fingerprint density at radius 2 is 1.24 bits per heavy atom. The van der Waals surface area contributed by atoms with Gasteiger partial charge in [-0.05, 0) is 43.6 Å². The zero-order chi connectivity index (χ0) is 38.6. The number of guanidine groups is 1. The zero-order valence-corrected chi connectivity index (χ0v) is 29.8. The first-order chi connectivity index (χ1) is 23.3. The fourth-order valence-corrected chi connectivity index (χ4v) is 4.85. The maximum Gasteiger partial charge on any atom is 0.327 e. The molecule has 6 atom stereocenters. The number of hydrogen-bond donors (Lipinski definition) is 12. The van der Waals surface area contributed by atoms with E-state index in [1.54, 1.807) is 20.1 Å². The lowest BCUT2D eigenvalue weighted by Crippen LogP contribution is -2.60. The van der Waals surface area contributed by atoms with Crippen molar-refractivity contribution < 1.29 is 53.7 Å². The van der Waals surface area contributed by atoms with Gasteiger partial charge in [0.05, 0.1) is 12.5 Å². The number of carbonyl (C=O) groups is 8. The number of nitrogens with two attached hydrogens (primary N) is 3. The molecule has 0 radical (unpaired) electrons. The molecule has 0 unspecified atom stereocenters. The Balaban J connectivity index is 6.08. The van der Waals surface area contributed by atoms with E-state index >= 15 is 0 Å². The van der Waals surface area contributed by atoms with Gasteiger partial charge in [0.2, 0.25) is 29.5 Å². The maximum absolute atomic E-state index is 13.4. The van der Waals surface area contributed by atoms with E-state index in [0.717, 1.165) is 0 Å². The topological polar surface area (TPSA) is 348 Å². The van der Waals surface area contributed by atoms with Crippen molar-refractivity contribution in [2.24, 2.45) is 28.1 Å². The molecule has 0 aromatic rings. The normalized spacial score (nSPS) is 14.4. The second kappa shape index (κ2) is 23.9. The van der Waals surface area contributed by atoms with Crippen LogP contribution in [0, 0.1) is 5.92 Å². The minimum absolute atomic E-state index is 0.0405. The highest BCUT2D eigenvalue weighted by Gasteiger charge is 2.34. The van der Waals surface area contributed by atoms with E-state index in [1.165, 1.54) is 11.8 Å². The van der Waals surface area contributed by atoms with E-state index in [2.05, 4.69) is 44.2 Å². The van der Waals surface area contributed by atoms with E-state index < -0.39 is 102 Å². The third kappa shape index (κ3) is 18.5. The van der Waals surface area contributed by atoms with Gasteiger partial charge in [0.25, 0.3) is 0 Å². The number of amides is 5. The van der Waals surface area contributed by atoms with Crippen LogP contribution in [-0.4, -0.2) is 129 Å². The van der Waals surface area contributed by atoms with Crippen LogP contribution in [0.2, 0.25) is 0 Å². The van der Waals surface area contributed by atoms with Crippen molar-refractivity contribution in [2.45, 2.75) is 88.6 Å². The predicted molar refractivity (Wildman–Crippen MR) is 186 cm³/mol. The van der Waals surface area contributed by atoms with Crippen LogP contribution >= 0.6 is 24.4 Å². The van der Waals surface area contributed by atoms with Crippen molar-refractivity contribution in [1.29, 1.82) is 0 Å². The van der Waals surface area contributed by atoms with Crippen LogP contribution in [0.15, 0.2) is 4.99 Å². The van der Waals surface area contributed by atoms with Gasteiger partial charge in [0, 0.05) is 18.7 Å². The summed E-state index contributed by atoms with van der Waals surface area (Å²) in [4.78, 5) is 103. The Kier molecular flexibility index (Phi) is 21.9. The molecule has 284 valence electrons. The number of hydrogen-bond acceptors (Lipinski definition) is 12. The molecule has 0 bridgehead atoms. The summed E-state index contributed by atoms with van der Waals surface area (Å²) in [5, 5.41) is 39.5. The molecule has 22 heteroatoms. The molecule has 50 heavy (non-hydrogen) atoms. The van der Waals surface area contributed by atoms with E-state index in [-0.39, 0.29) is 43.9 Å². The summed E-state index contributed by atoms with van der Waals surface area (Å²) in [5.41, 5.74) is 16.4. The first kappa shape index (κ1) is 45.7. The van der Waals surface area contributed by atoms with E-state index in [1.807, 2.05) is 0 Å². The number of aliphatic carboxylic acids is 3. The van der Waals surface area contributed by atoms with Crippen molar-refractivity contribution in [3.05, 3.63) is 0 Å². The van der Waals surface area contributed by atoms with Crippen LogP contribution in [0.1, 0.15) is 52.4 Å². The van der Waals surface area contributed by atoms with Crippen LogP contribution in [-0.2, 0) is 38.4 Å². The molecule has 0 aromatic carbocycles. The molecule has 0 saturated heterocycles. The number of carboxylic acids is 3. The van der Waals surface area contributed by atoms with E-state index in [0.29, 0.717) is 5.75 Å². The molecule has 0 spiro atoms. The molecule has 0 rings (SSSR count). The number of nitrogens with zero attached hydrogens (tertiary/aromatic N) is 1. The Hall–Kier alpha value is -4.31. The molecule has 0 heterocycles. The minimum atomic E-state index is -1.76. The molecule has 0 aliphatic carbocycles. The predicted octanol–water partition coefficient (Wildman–Crippen LogP) is -3.45. The number of aliphatic imine (C=N–C) groups is 1. The lowest BCUT2D eigenvalue weighted by atomic mass is 10.0. The number of rotatable bonds is 25. The highest BCUT2D eigenvalue weighted by Crippen LogP contribution is 2.09. The van der Waals surface area contributed by atoms with Crippen LogP contribution < -0.4 is 43.8 Å². The third-order valence-electron chi connectivity index (χ3n) is 6.88. The van der Waals surface area contributed by atoms with Crippen LogP contribution in [0.5, 0.6) is 0 Å². The monoisotopic (exact) mass is 751 g/mol. The number of nitrogens with one attached hydrogen (secondary N) is 5. The Morgan fingerprint density at radius 1 is 0.720 bits per heavy atom. The summed E-state index contributed by atoms with van der Waals surface area (Å²) in [5.74, 6) is -9.29. The lowest BCUT2D eigenvalue weighted by Gasteiger charge is -2.28. The largest absolute Gasteiger partial charge is 0.481 e. The van der Waals surface area contributed by atoms with Crippen molar-refractivity contribution >= 4 is 77.8 Å². The number of thiol groups is 1. The molecule has 0 fully saturated rings. The summed E-state index contributed by atoms with van der Waals surface area (Å²) < 4.78 is 0. The Bertz CT molecular complexity index is 1240. The molecular weight excluding hydrogens is 702 g/mol. The smallest absolute Gasteiger partial charge is 0.327 e. The van der Waals surface area contributed by atoms with Gasteiger partial charge in [-0.3, -0.25) is 38.6 Å². The molecule has 14 N–H and O–H groups in total. The summed E-state index contributed by atoms with van der Waals surface area (Å²) in [6.45, 7) is 3.16. The van der Waals surface area contributed by atoms with Crippen molar-refractivity contribution in [3.8, 4) is 0 Å². The van der Waals surface area contributed by atoms with E-state index in [4.69, 9.17) is 22.3 Å². The summed E-state index contributed by atoms with van der Waals surface area (Å²) in [7, 11) is 0. The van der Waals surface area contributed by atoms with Gasteiger partial charge in [-0.1, -0.05) is 13.8 Å². The van der Waals surface area contributed by atoms with Gasteiger partial charge in [-0.15, -0.1) is 0 Å². The highest BCUT2D eigenvalue weighted by molar-refractivity contribution is 7.98. The fourth-order valence-electron chi connectivity index (χ4n) is 4.13. The molecule has 0 aliphatic heterocycles. The minimum Gasteiger partial charge on any atom is -0.481 e. The molecule has 5 amide bonds. The third-order valence-corrected chi connectivity index (χ3v) is 7.89. The second-order valence-electron chi connectivity index (χ2n) is 11.4. The van der Waals surface area contributed by atoms with Gasteiger partial charge in [0.1, 0.15) is 30.2 Å². The average molecular weight is 752 g/mol. The Morgan fingerprint density at radius 3 is 1.72 bits per heavy atom. The average Bonchev–Trinajstić information content (AvgIpc) is 3.02. The fraction of sp³-hybridized carbons (Fsp3) is 0.679. The summed E-state index contributed by atoms with van der Waals surface area (Å²) in [6, 6.07) is -8.33. The van der Waals surface area contributed by atoms with Crippen molar-refractivity contribution in [3.63, 3.8) is 0 Å². The van der Waals surface area contributed by atoms with Gasteiger partial charge < -0.3 is 59.1 Å². The quantitative estimate of drug-likeness (QED) is 0.0187. The van der Waals surface area contributed by atoms with Crippen molar-refractivity contribution in [2.75, 3.05) is 24.3 Å². The molecule has 20 nitrogen and oxygen atoms in total. The second-order valence-corrected chi connectivity index (χ2v) is 12.7. The highest BCUT2D eigenvalue weighted by atomic mass is 32.2. The number of carboxylic acid groups (broad SMARTS) is 3. The number of thioether (sulfide) groups is 1. The number of carbonyl (C=O) groups excluding carboxylic acids is 5. The van der Waals surface area contributed by atoms with Gasteiger partial charge in [-0.2, -0.15) is 24.4 Å². The maximum atomic E-state index is 13.4. The standard InChI is InChI=1S/C28H49N9O11S2/c1-13(2)21(26(46)34-16(8-10-50-3)24(44)36-18(12-49)27(47)48)37-25(45)17(11-20(40)41)35-23(43)15(5-4-9-32-28(30)31)33-22(42)14(29)6-7-19(38)39/h13-18,21,49H,4-12,29H2,1-3H3,(H,33,42)(H,34,46)(H,35,43)(H,36,44)(H,37,45)(H,38,39)(H,40,41)(H,47,48)(H4,30,31,32)/t14-,15-,16-,17-,18-,21-/m0/s1. The van der Waals surface area contributed by atoms with Gasteiger partial charge in [-0.25, -0.2) is 4.79 Å². The van der Waals surface area contributed by atoms with Gasteiger partial charge in [0.15, 0.2) is 5.96 Å². The molecule has 0 saturated carbocycles. The lowest BCUT2D eigenvalue weighted by molar-refractivity contribution is -0.142. The first-order valence-corrected chi connectivity index (χ1v) is 17.5. The van der Waals surface area contributed by atoms with Crippen LogP contribution in [0.3, 0.4) is 0 Å². The molecule has 0 aromatic heterocycles.